The Kier molecular flexibility index (Phi) is 2.03. The van der Waals surface area contributed by atoms with E-state index in [1.165, 1.54) is 18.2 Å². The lowest BCUT2D eigenvalue weighted by Gasteiger charge is -1.98. The van der Waals surface area contributed by atoms with Gasteiger partial charge in [-0.05, 0) is 6.07 Å². The summed E-state index contributed by atoms with van der Waals surface area (Å²) >= 11 is 0. The van der Waals surface area contributed by atoms with Gasteiger partial charge in [0, 0.05) is 12.1 Å². The Morgan fingerprint density at radius 1 is 1.64 bits per heavy atom. The van der Waals surface area contributed by atoms with E-state index >= 15 is 0 Å². The van der Waals surface area contributed by atoms with Crippen LogP contribution in [0.1, 0.15) is 10.5 Å². The van der Waals surface area contributed by atoms with Crippen LogP contribution < -0.4 is 4.73 Å². The molecule has 5 heteroatoms. The van der Waals surface area contributed by atoms with Crippen molar-refractivity contribution < 1.29 is 19.7 Å². The molecule has 0 saturated heterocycles. The van der Waals surface area contributed by atoms with E-state index < -0.39 is 5.97 Å². The lowest BCUT2D eigenvalue weighted by Crippen LogP contribution is -2.34. The van der Waals surface area contributed by atoms with Crippen LogP contribution >= 0.6 is 0 Å². The summed E-state index contributed by atoms with van der Waals surface area (Å²) in [4.78, 5) is 13.9. The molecule has 1 rings (SSSR count). The Morgan fingerprint density at radius 2 is 2.36 bits per heavy atom. The Morgan fingerprint density at radius 3 is 2.91 bits per heavy atom. The highest BCUT2D eigenvalue weighted by molar-refractivity contribution is 5.84. The Bertz CT molecular complexity index is 273. The fourth-order valence-electron chi connectivity index (χ4n) is 0.633. The second kappa shape index (κ2) is 2.98. The van der Waals surface area contributed by atoms with Crippen LogP contribution in [0.5, 0.6) is 0 Å². The molecular formula is C6H5NO4. The van der Waals surface area contributed by atoms with Gasteiger partial charge in [0.05, 0.1) is 0 Å². The van der Waals surface area contributed by atoms with Gasteiger partial charge >= 0.3 is 11.7 Å². The Balaban J connectivity index is 3.03. The van der Waals surface area contributed by atoms with E-state index in [2.05, 4.69) is 4.89 Å². The predicted octanol–water partition coefficient (Wildman–Crippen LogP) is -0.0502. The molecule has 0 aliphatic heterocycles. The molecule has 0 aliphatic carbocycles. The Labute approximate surface area is 62.0 Å². The average Bonchev–Trinajstić information content (AvgIpc) is 2.04. The quantitative estimate of drug-likeness (QED) is 0.267. The predicted molar refractivity (Wildman–Crippen MR) is 33.4 cm³/mol. The van der Waals surface area contributed by atoms with Gasteiger partial charge in [-0.25, -0.2) is 4.79 Å². The van der Waals surface area contributed by atoms with Crippen LogP contribution in [-0.4, -0.2) is 11.2 Å². The van der Waals surface area contributed by atoms with Crippen molar-refractivity contribution in [1.29, 1.82) is 0 Å². The minimum Gasteiger partial charge on any atom is -0.618 e. The summed E-state index contributed by atoms with van der Waals surface area (Å²) in [5.74, 6) is -1.07. The van der Waals surface area contributed by atoms with E-state index in [4.69, 9.17) is 5.26 Å². The standard InChI is InChI=1S/C6H5NO4/c8-6(11-10)5-3-1-2-4-7(5)9/h1-4,10H. The summed E-state index contributed by atoms with van der Waals surface area (Å²) in [7, 11) is 0. The third kappa shape index (κ3) is 1.44. The average molecular weight is 155 g/mol. The largest absolute Gasteiger partial charge is 0.618 e. The molecule has 1 N–H and O–H groups in total. The molecule has 0 aliphatic rings. The summed E-state index contributed by atoms with van der Waals surface area (Å²) in [5, 5.41) is 18.6. The Hall–Kier alpha value is -1.62. The first-order valence-electron chi connectivity index (χ1n) is 2.79. The van der Waals surface area contributed by atoms with Gasteiger partial charge in [0.15, 0.2) is 6.20 Å². The molecule has 11 heavy (non-hydrogen) atoms. The van der Waals surface area contributed by atoms with Crippen LogP contribution in [0.2, 0.25) is 0 Å². The van der Waals surface area contributed by atoms with Gasteiger partial charge in [-0.2, -0.15) is 9.99 Å². The van der Waals surface area contributed by atoms with Gasteiger partial charge in [-0.1, -0.05) is 0 Å². The minimum atomic E-state index is -1.07. The molecule has 0 atom stereocenters. The third-order valence-corrected chi connectivity index (χ3v) is 1.12. The second-order valence-corrected chi connectivity index (χ2v) is 1.79. The van der Waals surface area contributed by atoms with Crippen LogP contribution in [0.4, 0.5) is 0 Å². The van der Waals surface area contributed by atoms with Gasteiger partial charge in [0.25, 0.3) is 0 Å². The summed E-state index contributed by atoms with van der Waals surface area (Å²) < 4.78 is 0.304. The van der Waals surface area contributed by atoms with E-state index in [1.807, 2.05) is 0 Å². The fraction of sp³-hybridized carbons (Fsp3) is 0. The number of aromatic nitrogens is 1. The third-order valence-electron chi connectivity index (χ3n) is 1.12. The zero-order valence-corrected chi connectivity index (χ0v) is 5.43. The number of nitrogens with zero attached hydrogens (tertiary/aromatic N) is 1. The molecule has 58 valence electrons. The van der Waals surface area contributed by atoms with Crippen LogP contribution in [-0.2, 0) is 4.89 Å². The molecule has 1 aromatic heterocycles. The second-order valence-electron chi connectivity index (χ2n) is 1.79. The smallest absolute Gasteiger partial charge is 0.437 e. The highest BCUT2D eigenvalue weighted by Crippen LogP contribution is 1.91. The summed E-state index contributed by atoms with van der Waals surface area (Å²) in [6.45, 7) is 0. The molecule has 0 aromatic carbocycles. The lowest BCUT2D eigenvalue weighted by molar-refractivity contribution is -0.609. The van der Waals surface area contributed by atoms with E-state index in [9.17, 15) is 10.0 Å². The SMILES string of the molecule is O=C(OO)c1cccc[n+]1[O-]. The van der Waals surface area contributed by atoms with Crippen molar-refractivity contribution in [2.75, 3.05) is 0 Å². The monoisotopic (exact) mass is 155 g/mol. The first kappa shape index (κ1) is 7.49. The molecular weight excluding hydrogens is 150 g/mol. The highest BCUT2D eigenvalue weighted by atomic mass is 17.1. The minimum absolute atomic E-state index is 0.255. The summed E-state index contributed by atoms with van der Waals surface area (Å²) in [6, 6.07) is 4.19. The maximum absolute atomic E-state index is 10.7. The van der Waals surface area contributed by atoms with Gasteiger partial charge in [-0.3, -0.25) is 4.89 Å². The molecule has 1 heterocycles. The number of pyridine rings is 1. The van der Waals surface area contributed by atoms with Crippen molar-refractivity contribution in [2.45, 2.75) is 0 Å². The zero-order chi connectivity index (χ0) is 8.27. The summed E-state index contributed by atoms with van der Waals surface area (Å²) in [5.41, 5.74) is -0.255. The van der Waals surface area contributed by atoms with Crippen molar-refractivity contribution in [3.63, 3.8) is 0 Å². The number of hydrogen-bond acceptors (Lipinski definition) is 4. The van der Waals surface area contributed by atoms with Crippen molar-refractivity contribution in [3.05, 3.63) is 35.3 Å². The first-order chi connectivity index (χ1) is 5.25. The number of rotatable bonds is 1. The highest BCUT2D eigenvalue weighted by Gasteiger charge is 2.15. The van der Waals surface area contributed by atoms with E-state index in [0.717, 1.165) is 6.20 Å². The number of carbonyl (C=O) groups excluding carboxylic acids is 1. The fourth-order valence-corrected chi connectivity index (χ4v) is 0.633. The molecule has 0 unspecified atom stereocenters. The van der Waals surface area contributed by atoms with Crippen molar-refractivity contribution in [2.24, 2.45) is 0 Å². The summed E-state index contributed by atoms with van der Waals surface area (Å²) in [6.07, 6.45) is 1.13. The van der Waals surface area contributed by atoms with Crippen LogP contribution in [0.3, 0.4) is 0 Å². The first-order valence-corrected chi connectivity index (χ1v) is 2.79. The van der Waals surface area contributed by atoms with E-state index in [1.54, 1.807) is 0 Å². The molecule has 5 nitrogen and oxygen atoms in total. The van der Waals surface area contributed by atoms with Gasteiger partial charge < -0.3 is 5.21 Å². The topological polar surface area (TPSA) is 73.5 Å². The van der Waals surface area contributed by atoms with Crippen LogP contribution in [0, 0.1) is 5.21 Å². The molecule has 0 radical (unpaired) electrons. The van der Waals surface area contributed by atoms with Gasteiger partial charge in [0.2, 0.25) is 0 Å². The van der Waals surface area contributed by atoms with Crippen molar-refractivity contribution in [1.82, 2.24) is 0 Å². The van der Waals surface area contributed by atoms with Crippen molar-refractivity contribution in [3.8, 4) is 0 Å². The number of hydrogen-bond donors (Lipinski definition) is 1. The molecule has 0 saturated carbocycles. The molecule has 0 amide bonds. The maximum atomic E-state index is 10.7. The zero-order valence-electron chi connectivity index (χ0n) is 5.43. The maximum Gasteiger partial charge on any atom is 0.437 e. The van der Waals surface area contributed by atoms with E-state index in [0.29, 0.717) is 4.73 Å². The molecule has 1 aromatic rings. The lowest BCUT2D eigenvalue weighted by atomic mass is 10.4. The molecule has 0 bridgehead atoms. The van der Waals surface area contributed by atoms with E-state index in [-0.39, 0.29) is 5.69 Å². The van der Waals surface area contributed by atoms with Gasteiger partial charge in [-0.15, -0.1) is 0 Å². The van der Waals surface area contributed by atoms with Crippen LogP contribution in [0.15, 0.2) is 24.4 Å². The van der Waals surface area contributed by atoms with Gasteiger partial charge in [0.1, 0.15) is 0 Å². The van der Waals surface area contributed by atoms with Crippen molar-refractivity contribution >= 4 is 5.97 Å². The normalized spacial score (nSPS) is 9.18. The molecule has 0 fully saturated rings. The van der Waals surface area contributed by atoms with Crippen LogP contribution in [0.25, 0.3) is 0 Å². The number of carbonyl (C=O) groups is 1. The molecule has 0 spiro atoms.